The molecule has 3 aromatic heterocycles. The van der Waals surface area contributed by atoms with E-state index in [1.807, 2.05) is 42.6 Å². The van der Waals surface area contributed by atoms with Crippen LogP contribution in [0.15, 0.2) is 54.7 Å². The molecule has 1 aliphatic rings. The summed E-state index contributed by atoms with van der Waals surface area (Å²) >= 11 is 0. The smallest absolute Gasteiger partial charge is 0.254 e. The van der Waals surface area contributed by atoms with Crippen LogP contribution in [0.3, 0.4) is 0 Å². The predicted octanol–water partition coefficient (Wildman–Crippen LogP) is 3.44. The third-order valence-corrected chi connectivity index (χ3v) is 6.21. The van der Waals surface area contributed by atoms with Crippen LogP contribution in [0.5, 0.6) is 0 Å². The fourth-order valence-electron chi connectivity index (χ4n) is 4.49. The maximum absolute atomic E-state index is 12.9. The number of nitrogens with one attached hydrogen (secondary N) is 2. The van der Waals surface area contributed by atoms with Crippen LogP contribution in [0.1, 0.15) is 20.7 Å². The summed E-state index contributed by atoms with van der Waals surface area (Å²) in [5.41, 5.74) is 11.2. The molecule has 0 aliphatic carbocycles. The Kier molecular flexibility index (Phi) is 4.41. The summed E-state index contributed by atoms with van der Waals surface area (Å²) in [6.45, 7) is 2.24. The van der Waals surface area contributed by atoms with Crippen LogP contribution >= 0.6 is 0 Å². The number of H-pyrrole nitrogens is 2. The number of aromatic amines is 2. The number of carbonyl (C=O) groups is 2. The molecule has 4 heterocycles. The first kappa shape index (κ1) is 19.5. The molecule has 2 aromatic carbocycles. The van der Waals surface area contributed by atoms with Crippen LogP contribution in [0.4, 0.5) is 0 Å². The van der Waals surface area contributed by atoms with Gasteiger partial charge in [0.1, 0.15) is 0 Å². The summed E-state index contributed by atoms with van der Waals surface area (Å²) in [4.78, 5) is 38.3. The third kappa shape index (κ3) is 3.23. The highest BCUT2D eigenvalue weighted by atomic mass is 16.5. The molecule has 0 bridgehead atoms. The summed E-state index contributed by atoms with van der Waals surface area (Å²) in [5, 5.41) is 1.89. The van der Waals surface area contributed by atoms with Crippen molar-refractivity contribution in [2.75, 3.05) is 26.3 Å². The fraction of sp³-hybridized carbons (Fsp3) is 0.160. The van der Waals surface area contributed by atoms with Gasteiger partial charge in [-0.2, -0.15) is 0 Å². The highest BCUT2D eigenvalue weighted by molar-refractivity contribution is 6.14. The minimum absolute atomic E-state index is 0.0394. The van der Waals surface area contributed by atoms with Crippen molar-refractivity contribution in [3.8, 4) is 11.3 Å². The normalized spacial score (nSPS) is 14.4. The minimum Gasteiger partial charge on any atom is -0.378 e. The summed E-state index contributed by atoms with van der Waals surface area (Å²) < 4.78 is 5.34. The average molecular weight is 439 g/mol. The van der Waals surface area contributed by atoms with Gasteiger partial charge in [0.15, 0.2) is 0 Å². The number of nitrogens with zero attached hydrogens (tertiary/aromatic N) is 2. The van der Waals surface area contributed by atoms with E-state index in [-0.39, 0.29) is 5.91 Å². The lowest BCUT2D eigenvalue weighted by Crippen LogP contribution is -2.40. The number of aromatic nitrogens is 3. The lowest BCUT2D eigenvalue weighted by atomic mass is 10.0. The summed E-state index contributed by atoms with van der Waals surface area (Å²) in [7, 11) is 0. The van der Waals surface area contributed by atoms with Gasteiger partial charge >= 0.3 is 0 Å². The molecular formula is C25H21N5O3. The summed E-state index contributed by atoms with van der Waals surface area (Å²) in [5.74, 6) is -0.579. The number of pyridine rings is 1. The van der Waals surface area contributed by atoms with Gasteiger partial charge in [0.2, 0.25) is 0 Å². The Bertz CT molecular complexity index is 1560. The van der Waals surface area contributed by atoms with Crippen molar-refractivity contribution in [1.82, 2.24) is 19.9 Å². The van der Waals surface area contributed by atoms with Gasteiger partial charge in [-0.15, -0.1) is 0 Å². The van der Waals surface area contributed by atoms with Crippen molar-refractivity contribution < 1.29 is 14.3 Å². The van der Waals surface area contributed by atoms with Crippen molar-refractivity contribution in [3.63, 3.8) is 0 Å². The number of primary amides is 1. The van der Waals surface area contributed by atoms with Crippen LogP contribution in [0.2, 0.25) is 0 Å². The van der Waals surface area contributed by atoms with E-state index >= 15 is 0 Å². The number of fused-ring (bicyclic) bond motifs is 4. The number of amides is 2. The van der Waals surface area contributed by atoms with Crippen molar-refractivity contribution in [3.05, 3.63) is 65.9 Å². The number of hydrogen-bond donors (Lipinski definition) is 3. The molecular weight excluding hydrogens is 418 g/mol. The standard InChI is InChI=1S/C25H21N5O3/c26-24(31)18-13-20(14-2-4-19-15(11-14)5-6-27-19)28-22-17-3-1-16(12-21(17)29-23(18)22)25(32)30-7-9-33-10-8-30/h1-6,11-13,27,29H,7-10H2,(H2,26,31). The molecule has 0 unspecified atom stereocenters. The lowest BCUT2D eigenvalue weighted by Gasteiger charge is -2.26. The summed E-state index contributed by atoms with van der Waals surface area (Å²) in [6.07, 6.45) is 1.88. The Morgan fingerprint density at radius 1 is 1.00 bits per heavy atom. The Hall–Kier alpha value is -4.17. The Balaban J connectivity index is 1.50. The molecule has 0 saturated carbocycles. The summed E-state index contributed by atoms with van der Waals surface area (Å²) in [6, 6.07) is 15.2. The highest BCUT2D eigenvalue weighted by Crippen LogP contribution is 2.31. The molecule has 6 rings (SSSR count). The average Bonchev–Trinajstić information content (AvgIpc) is 3.46. The van der Waals surface area contributed by atoms with Gasteiger partial charge in [-0.25, -0.2) is 4.98 Å². The number of benzene rings is 2. The molecule has 1 fully saturated rings. The Morgan fingerprint density at radius 3 is 2.67 bits per heavy atom. The van der Waals surface area contributed by atoms with Gasteiger partial charge in [0.05, 0.1) is 35.5 Å². The zero-order valence-corrected chi connectivity index (χ0v) is 17.7. The monoisotopic (exact) mass is 439 g/mol. The van der Waals surface area contributed by atoms with Crippen LogP contribution in [-0.2, 0) is 4.74 Å². The van der Waals surface area contributed by atoms with Crippen molar-refractivity contribution in [1.29, 1.82) is 0 Å². The van der Waals surface area contributed by atoms with Gasteiger partial charge in [-0.3, -0.25) is 9.59 Å². The maximum Gasteiger partial charge on any atom is 0.254 e. The zero-order chi connectivity index (χ0) is 22.5. The number of ether oxygens (including phenoxy) is 1. The highest BCUT2D eigenvalue weighted by Gasteiger charge is 2.21. The van der Waals surface area contributed by atoms with E-state index in [1.165, 1.54) is 0 Å². The zero-order valence-electron chi connectivity index (χ0n) is 17.7. The Labute approximate surface area is 188 Å². The van der Waals surface area contributed by atoms with Gasteiger partial charge in [0.25, 0.3) is 11.8 Å². The van der Waals surface area contributed by atoms with Crippen molar-refractivity contribution >= 4 is 44.7 Å². The Morgan fingerprint density at radius 2 is 1.85 bits per heavy atom. The van der Waals surface area contributed by atoms with E-state index in [2.05, 4.69) is 9.97 Å². The van der Waals surface area contributed by atoms with Gasteiger partial charge in [-0.05, 0) is 42.5 Å². The fourth-order valence-corrected chi connectivity index (χ4v) is 4.49. The third-order valence-electron chi connectivity index (χ3n) is 6.21. The van der Waals surface area contributed by atoms with Crippen LogP contribution < -0.4 is 5.73 Å². The molecule has 0 radical (unpaired) electrons. The van der Waals surface area contributed by atoms with E-state index in [4.69, 9.17) is 15.5 Å². The number of hydrogen-bond acceptors (Lipinski definition) is 4. The van der Waals surface area contributed by atoms with Gasteiger partial charge < -0.3 is 25.3 Å². The van der Waals surface area contributed by atoms with E-state index in [9.17, 15) is 9.59 Å². The predicted molar refractivity (Wildman–Crippen MR) is 126 cm³/mol. The second-order valence-electron chi connectivity index (χ2n) is 8.21. The molecule has 5 aromatic rings. The molecule has 0 atom stereocenters. The molecule has 8 heteroatoms. The molecule has 164 valence electrons. The quantitative estimate of drug-likeness (QED) is 0.399. The molecule has 1 saturated heterocycles. The topological polar surface area (TPSA) is 117 Å². The number of rotatable bonds is 3. The van der Waals surface area contributed by atoms with Crippen LogP contribution in [0, 0.1) is 0 Å². The molecule has 1 aliphatic heterocycles. The lowest BCUT2D eigenvalue weighted by molar-refractivity contribution is 0.0303. The van der Waals surface area contributed by atoms with Crippen LogP contribution in [-0.4, -0.2) is 58.0 Å². The van der Waals surface area contributed by atoms with Crippen molar-refractivity contribution in [2.24, 2.45) is 5.73 Å². The largest absolute Gasteiger partial charge is 0.378 e. The number of carbonyl (C=O) groups excluding carboxylic acids is 2. The van der Waals surface area contributed by atoms with E-state index in [1.54, 1.807) is 17.0 Å². The second-order valence-corrected chi connectivity index (χ2v) is 8.21. The molecule has 0 spiro atoms. The first-order chi connectivity index (χ1) is 16.1. The minimum atomic E-state index is -0.539. The second kappa shape index (κ2) is 7.46. The maximum atomic E-state index is 12.9. The van der Waals surface area contributed by atoms with E-state index in [0.717, 1.165) is 27.4 Å². The van der Waals surface area contributed by atoms with Crippen molar-refractivity contribution in [2.45, 2.75) is 0 Å². The van der Waals surface area contributed by atoms with Crippen LogP contribution in [0.25, 0.3) is 44.1 Å². The van der Waals surface area contributed by atoms with E-state index < -0.39 is 5.91 Å². The molecule has 33 heavy (non-hydrogen) atoms. The van der Waals surface area contributed by atoms with Gasteiger partial charge in [0, 0.05) is 52.2 Å². The SMILES string of the molecule is NC(=O)c1cc(-c2ccc3[nH]ccc3c2)nc2c1[nH]c1cc(C(=O)N3CCOCC3)ccc12. The first-order valence-corrected chi connectivity index (χ1v) is 10.8. The molecule has 4 N–H and O–H groups in total. The molecule has 2 amide bonds. The van der Waals surface area contributed by atoms with E-state index in [0.29, 0.717) is 54.2 Å². The number of nitrogens with two attached hydrogens (primary N) is 1. The number of morpholine rings is 1. The molecule has 8 nitrogen and oxygen atoms in total. The van der Waals surface area contributed by atoms with Gasteiger partial charge in [-0.1, -0.05) is 6.07 Å². The first-order valence-electron chi connectivity index (χ1n) is 10.8.